The summed E-state index contributed by atoms with van der Waals surface area (Å²) in [4.78, 5) is 18.5. The lowest BCUT2D eigenvalue weighted by molar-refractivity contribution is 0.133. The van der Waals surface area contributed by atoms with Crippen molar-refractivity contribution in [3.63, 3.8) is 0 Å². The Hall–Kier alpha value is -0.500. The Morgan fingerprint density at radius 3 is 2.60 bits per heavy atom. The second-order valence-electron chi connectivity index (χ2n) is 3.37. The zero-order valence-corrected chi connectivity index (χ0v) is 10.1. The normalized spacial score (nSPS) is 13.1. The highest BCUT2D eigenvalue weighted by atomic mass is 32.1. The predicted octanol–water partition coefficient (Wildman–Crippen LogP) is 2.54. The molecule has 4 nitrogen and oxygen atoms in total. The summed E-state index contributed by atoms with van der Waals surface area (Å²) in [6.45, 7) is 3.85. The highest BCUT2D eigenvalue weighted by Crippen LogP contribution is 2.40. The van der Waals surface area contributed by atoms with E-state index in [1.165, 1.54) is 11.3 Å². The van der Waals surface area contributed by atoms with E-state index in [1.807, 2.05) is 19.9 Å². The van der Waals surface area contributed by atoms with Crippen molar-refractivity contribution in [2.45, 2.75) is 20.0 Å². The number of nitrogens with zero attached hydrogens (tertiary/aromatic N) is 1. The molecule has 1 unspecified atom stereocenters. The van der Waals surface area contributed by atoms with Gasteiger partial charge in [0.25, 0.3) is 0 Å². The number of hydrogen-bond acceptors (Lipinski definition) is 5. The molecule has 0 aliphatic carbocycles. The minimum absolute atomic E-state index is 0.125. The van der Waals surface area contributed by atoms with Gasteiger partial charge in [0.2, 0.25) is 0 Å². The van der Waals surface area contributed by atoms with Crippen LogP contribution in [0.1, 0.15) is 30.4 Å². The molecule has 0 bridgehead atoms. The maximum atomic E-state index is 8.83. The van der Waals surface area contributed by atoms with E-state index in [1.54, 1.807) is 11.4 Å². The summed E-state index contributed by atoms with van der Waals surface area (Å²) in [6.07, 6.45) is -0.363. The molecule has 2 N–H and O–H groups in total. The summed E-state index contributed by atoms with van der Waals surface area (Å²) in [5.41, 5.74) is 0.574. The van der Waals surface area contributed by atoms with E-state index in [-0.39, 0.29) is 12.0 Å². The summed E-state index contributed by atoms with van der Waals surface area (Å²) < 4.78 is 5.03. The topological polar surface area (TPSA) is 73.5 Å². The van der Waals surface area contributed by atoms with Gasteiger partial charge in [-0.2, -0.15) is 5.26 Å². The van der Waals surface area contributed by atoms with Crippen molar-refractivity contribution in [2.75, 3.05) is 0 Å². The molecule has 1 rings (SSSR count). The molecule has 0 radical (unpaired) electrons. The minimum Gasteiger partial charge on any atom is -0.328 e. The van der Waals surface area contributed by atoms with Crippen LogP contribution in [0.2, 0.25) is 0 Å². The van der Waals surface area contributed by atoms with Gasteiger partial charge >= 0.3 is 8.60 Å². The third-order valence-electron chi connectivity index (χ3n) is 1.84. The monoisotopic (exact) mass is 245 g/mol. The summed E-state index contributed by atoms with van der Waals surface area (Å²) in [5.74, 6) is 0.125. The number of rotatable bonds is 4. The lowest BCUT2D eigenvalue weighted by atomic mass is 10.1. The van der Waals surface area contributed by atoms with Crippen LogP contribution in [-0.4, -0.2) is 9.79 Å². The van der Waals surface area contributed by atoms with Gasteiger partial charge in [-0.05, 0) is 12.0 Å². The third-order valence-corrected chi connectivity index (χ3v) is 3.25. The van der Waals surface area contributed by atoms with E-state index in [9.17, 15) is 0 Å². The van der Waals surface area contributed by atoms with Crippen LogP contribution < -0.4 is 0 Å². The molecule has 6 heteroatoms. The fourth-order valence-corrected chi connectivity index (χ4v) is 2.83. The Bertz CT molecular complexity index is 358. The standard InChI is InChI=1S/C9H12NO3PS/c1-6(2)9(13-14(11)12)8-3-7(4-10)5-15-8/h3,5-6,9,11-12H,1-2H3. The first-order valence-corrected chi connectivity index (χ1v) is 6.42. The largest absolute Gasteiger partial charge is 0.328 e. The van der Waals surface area contributed by atoms with Crippen molar-refractivity contribution in [3.05, 3.63) is 21.9 Å². The molecule has 1 aromatic rings. The van der Waals surface area contributed by atoms with E-state index < -0.39 is 8.60 Å². The lowest BCUT2D eigenvalue weighted by Crippen LogP contribution is -2.06. The van der Waals surface area contributed by atoms with E-state index >= 15 is 0 Å². The minimum atomic E-state index is -2.37. The second-order valence-corrected chi connectivity index (χ2v) is 5.03. The van der Waals surface area contributed by atoms with Gasteiger partial charge in [0.05, 0.1) is 5.56 Å². The van der Waals surface area contributed by atoms with E-state index in [2.05, 4.69) is 0 Å². The van der Waals surface area contributed by atoms with Crippen LogP contribution in [0.15, 0.2) is 11.4 Å². The SMILES string of the molecule is CC(C)C(OP(O)O)c1cc(C#N)cs1. The zero-order chi connectivity index (χ0) is 11.4. The van der Waals surface area contributed by atoms with Gasteiger partial charge in [0.1, 0.15) is 12.2 Å². The van der Waals surface area contributed by atoms with Gasteiger partial charge in [-0.1, -0.05) is 13.8 Å². The van der Waals surface area contributed by atoms with Crippen molar-refractivity contribution in [2.24, 2.45) is 5.92 Å². The summed E-state index contributed by atoms with van der Waals surface area (Å²) in [6, 6.07) is 3.75. The van der Waals surface area contributed by atoms with Gasteiger partial charge in [-0.25, -0.2) is 0 Å². The van der Waals surface area contributed by atoms with Crippen LogP contribution in [0.4, 0.5) is 0 Å². The van der Waals surface area contributed by atoms with Crippen molar-refractivity contribution < 1.29 is 14.3 Å². The Morgan fingerprint density at radius 1 is 1.53 bits per heavy atom. The van der Waals surface area contributed by atoms with Gasteiger partial charge < -0.3 is 14.3 Å². The Morgan fingerprint density at radius 2 is 2.20 bits per heavy atom. The highest BCUT2D eigenvalue weighted by molar-refractivity contribution is 7.39. The van der Waals surface area contributed by atoms with Crippen molar-refractivity contribution in [1.82, 2.24) is 0 Å². The Labute approximate surface area is 93.8 Å². The molecule has 0 fully saturated rings. The first kappa shape index (κ1) is 12.6. The third kappa shape index (κ3) is 3.53. The highest BCUT2D eigenvalue weighted by Gasteiger charge is 2.21. The summed E-state index contributed by atoms with van der Waals surface area (Å²) in [7, 11) is -2.37. The molecule has 0 aliphatic rings. The molecule has 0 aromatic carbocycles. The number of hydrogen-bond donors (Lipinski definition) is 2. The van der Waals surface area contributed by atoms with Crippen LogP contribution in [0, 0.1) is 17.2 Å². The molecule has 0 saturated carbocycles. The van der Waals surface area contributed by atoms with Crippen LogP contribution in [-0.2, 0) is 4.52 Å². The van der Waals surface area contributed by atoms with Crippen LogP contribution in [0.25, 0.3) is 0 Å². The Balaban J connectivity index is 2.85. The van der Waals surface area contributed by atoms with Gasteiger partial charge in [-0.3, -0.25) is 0 Å². The quantitative estimate of drug-likeness (QED) is 0.799. The van der Waals surface area contributed by atoms with E-state index in [4.69, 9.17) is 19.6 Å². The summed E-state index contributed by atoms with van der Waals surface area (Å²) in [5, 5.41) is 10.4. The van der Waals surface area contributed by atoms with Gasteiger partial charge in [0.15, 0.2) is 0 Å². The molecule has 0 spiro atoms. The van der Waals surface area contributed by atoms with Crippen LogP contribution in [0.5, 0.6) is 0 Å². The average molecular weight is 245 g/mol. The first-order chi connectivity index (χ1) is 7.04. The molecular weight excluding hydrogens is 233 g/mol. The lowest BCUT2D eigenvalue weighted by Gasteiger charge is -2.19. The second kappa shape index (κ2) is 5.55. The molecule has 15 heavy (non-hydrogen) atoms. The molecule has 0 aliphatic heterocycles. The van der Waals surface area contributed by atoms with Gasteiger partial charge in [0, 0.05) is 10.3 Å². The smallest absolute Gasteiger partial charge is 0.327 e. The maximum Gasteiger partial charge on any atom is 0.327 e. The molecule has 1 heterocycles. The fraction of sp³-hybridized carbons (Fsp3) is 0.444. The molecule has 0 saturated heterocycles. The van der Waals surface area contributed by atoms with Crippen molar-refractivity contribution in [3.8, 4) is 6.07 Å². The average Bonchev–Trinajstić information content (AvgIpc) is 2.61. The number of thiophene rings is 1. The molecule has 1 aromatic heterocycles. The summed E-state index contributed by atoms with van der Waals surface area (Å²) >= 11 is 1.39. The van der Waals surface area contributed by atoms with Crippen LogP contribution >= 0.6 is 19.9 Å². The predicted molar refractivity (Wildman–Crippen MR) is 59.1 cm³/mol. The number of nitriles is 1. The van der Waals surface area contributed by atoms with Crippen molar-refractivity contribution in [1.29, 1.82) is 5.26 Å². The first-order valence-electron chi connectivity index (χ1n) is 4.37. The van der Waals surface area contributed by atoms with Crippen LogP contribution in [0.3, 0.4) is 0 Å². The molecule has 0 amide bonds. The molecular formula is C9H12NO3PS. The molecule has 82 valence electrons. The maximum absolute atomic E-state index is 8.83. The van der Waals surface area contributed by atoms with E-state index in [0.717, 1.165) is 4.88 Å². The molecule has 1 atom stereocenters. The zero-order valence-electron chi connectivity index (χ0n) is 8.41. The Kier molecular flexibility index (Phi) is 4.65. The van der Waals surface area contributed by atoms with Gasteiger partial charge in [-0.15, -0.1) is 11.3 Å². The fourth-order valence-electron chi connectivity index (χ4n) is 1.16. The van der Waals surface area contributed by atoms with Crippen molar-refractivity contribution >= 4 is 19.9 Å². The van der Waals surface area contributed by atoms with E-state index in [0.29, 0.717) is 5.56 Å².